The summed E-state index contributed by atoms with van der Waals surface area (Å²) in [5.74, 6) is 0.809. The first-order chi connectivity index (χ1) is 8.69. The standard InChI is InChI=1S/C13H14N4O/c1-17-7-3-6-12(17)16-13(18)15-11-5-2-4-10(8-11)9-14/h2,4-5,8H,3,6-7H2,1H3,(H,15,18)/b16-12-. The molecular weight excluding hydrogens is 228 g/mol. The summed E-state index contributed by atoms with van der Waals surface area (Å²) in [4.78, 5) is 17.7. The van der Waals surface area contributed by atoms with Crippen molar-refractivity contribution in [2.24, 2.45) is 4.99 Å². The van der Waals surface area contributed by atoms with Gasteiger partial charge < -0.3 is 10.2 Å². The van der Waals surface area contributed by atoms with E-state index in [9.17, 15) is 4.79 Å². The van der Waals surface area contributed by atoms with Crippen molar-refractivity contribution in [1.29, 1.82) is 5.26 Å². The van der Waals surface area contributed by atoms with Gasteiger partial charge in [0.1, 0.15) is 5.84 Å². The van der Waals surface area contributed by atoms with Crippen LogP contribution in [0.4, 0.5) is 10.5 Å². The molecule has 1 aliphatic rings. The lowest BCUT2D eigenvalue weighted by Crippen LogP contribution is -2.21. The van der Waals surface area contributed by atoms with Crippen LogP contribution in [0.1, 0.15) is 18.4 Å². The van der Waals surface area contributed by atoms with Gasteiger partial charge in [0.25, 0.3) is 0 Å². The van der Waals surface area contributed by atoms with Gasteiger partial charge in [0.15, 0.2) is 0 Å². The molecule has 0 bridgehead atoms. The van der Waals surface area contributed by atoms with Crippen LogP contribution in [0.5, 0.6) is 0 Å². The van der Waals surface area contributed by atoms with E-state index in [4.69, 9.17) is 5.26 Å². The maximum absolute atomic E-state index is 11.7. The number of rotatable bonds is 1. The van der Waals surface area contributed by atoms with Crippen LogP contribution >= 0.6 is 0 Å². The molecule has 0 unspecified atom stereocenters. The van der Waals surface area contributed by atoms with Gasteiger partial charge in [0.05, 0.1) is 11.6 Å². The number of carbonyl (C=O) groups is 1. The number of nitriles is 1. The molecule has 1 aromatic carbocycles. The summed E-state index contributed by atoms with van der Waals surface area (Å²) in [6.07, 6.45) is 1.87. The predicted molar refractivity (Wildman–Crippen MR) is 69.5 cm³/mol. The molecule has 0 aliphatic carbocycles. The van der Waals surface area contributed by atoms with Gasteiger partial charge in [-0.05, 0) is 24.6 Å². The van der Waals surface area contributed by atoms with Crippen molar-refractivity contribution in [1.82, 2.24) is 4.90 Å². The zero-order valence-electron chi connectivity index (χ0n) is 10.2. The quantitative estimate of drug-likeness (QED) is 0.820. The van der Waals surface area contributed by atoms with Crippen LogP contribution in [0.15, 0.2) is 29.3 Å². The normalized spacial score (nSPS) is 16.7. The molecule has 1 N–H and O–H groups in total. The number of carbonyl (C=O) groups excluding carboxylic acids is 1. The molecule has 92 valence electrons. The average Bonchev–Trinajstić information content (AvgIpc) is 2.75. The molecule has 5 nitrogen and oxygen atoms in total. The van der Waals surface area contributed by atoms with Gasteiger partial charge in [0, 0.05) is 25.7 Å². The van der Waals surface area contributed by atoms with E-state index in [1.54, 1.807) is 24.3 Å². The van der Waals surface area contributed by atoms with E-state index in [2.05, 4.69) is 10.3 Å². The molecule has 2 rings (SSSR count). The number of aliphatic imine (C=N–C) groups is 1. The van der Waals surface area contributed by atoms with Crippen molar-refractivity contribution in [2.45, 2.75) is 12.8 Å². The first kappa shape index (κ1) is 12.1. The number of urea groups is 1. The molecule has 1 heterocycles. The molecule has 0 saturated carbocycles. The van der Waals surface area contributed by atoms with Crippen LogP contribution in [0.3, 0.4) is 0 Å². The number of hydrogen-bond donors (Lipinski definition) is 1. The SMILES string of the molecule is CN1CCC/C1=N/C(=O)Nc1cccc(C#N)c1. The van der Waals surface area contributed by atoms with Crippen molar-refractivity contribution in [3.8, 4) is 6.07 Å². The predicted octanol–water partition coefficient (Wildman–Crippen LogP) is 2.21. The van der Waals surface area contributed by atoms with E-state index in [-0.39, 0.29) is 0 Å². The van der Waals surface area contributed by atoms with Crippen LogP contribution < -0.4 is 5.32 Å². The summed E-state index contributed by atoms with van der Waals surface area (Å²) in [6, 6.07) is 8.40. The summed E-state index contributed by atoms with van der Waals surface area (Å²) in [5.41, 5.74) is 1.10. The van der Waals surface area contributed by atoms with E-state index >= 15 is 0 Å². The average molecular weight is 242 g/mol. The Labute approximate surface area is 106 Å². The minimum absolute atomic E-state index is 0.395. The third-order valence-corrected chi connectivity index (χ3v) is 2.81. The second-order valence-corrected chi connectivity index (χ2v) is 4.18. The Kier molecular flexibility index (Phi) is 3.58. The molecule has 2 amide bonds. The maximum atomic E-state index is 11.7. The van der Waals surface area contributed by atoms with E-state index in [0.29, 0.717) is 11.3 Å². The number of hydrogen-bond acceptors (Lipinski definition) is 2. The molecule has 18 heavy (non-hydrogen) atoms. The number of amidine groups is 1. The zero-order valence-corrected chi connectivity index (χ0v) is 10.2. The third-order valence-electron chi connectivity index (χ3n) is 2.81. The molecule has 0 atom stereocenters. The van der Waals surface area contributed by atoms with Gasteiger partial charge in [-0.15, -0.1) is 0 Å². The van der Waals surface area contributed by atoms with Crippen molar-refractivity contribution < 1.29 is 4.79 Å². The molecule has 1 aliphatic heterocycles. The van der Waals surface area contributed by atoms with Gasteiger partial charge in [0.2, 0.25) is 0 Å². The number of amides is 2. The fourth-order valence-electron chi connectivity index (χ4n) is 1.87. The molecule has 0 aromatic heterocycles. The summed E-state index contributed by atoms with van der Waals surface area (Å²) in [7, 11) is 1.93. The van der Waals surface area contributed by atoms with Crippen molar-refractivity contribution in [3.63, 3.8) is 0 Å². The molecule has 1 aromatic rings. The lowest BCUT2D eigenvalue weighted by atomic mass is 10.2. The highest BCUT2D eigenvalue weighted by atomic mass is 16.2. The summed E-state index contributed by atoms with van der Waals surface area (Å²) >= 11 is 0. The number of nitrogens with one attached hydrogen (secondary N) is 1. The second kappa shape index (κ2) is 5.32. The lowest BCUT2D eigenvalue weighted by molar-refractivity contribution is 0.259. The van der Waals surface area contributed by atoms with Crippen LogP contribution in [0, 0.1) is 11.3 Å². The first-order valence-electron chi connectivity index (χ1n) is 5.79. The van der Waals surface area contributed by atoms with Crippen LogP contribution in [-0.2, 0) is 0 Å². The fourth-order valence-corrected chi connectivity index (χ4v) is 1.87. The Morgan fingerprint density at radius 2 is 2.39 bits per heavy atom. The van der Waals surface area contributed by atoms with Crippen molar-refractivity contribution in [2.75, 3.05) is 18.9 Å². The number of anilines is 1. The van der Waals surface area contributed by atoms with E-state index in [0.717, 1.165) is 25.2 Å². The Morgan fingerprint density at radius 1 is 1.56 bits per heavy atom. The highest BCUT2D eigenvalue weighted by Gasteiger charge is 2.15. The second-order valence-electron chi connectivity index (χ2n) is 4.18. The molecule has 0 radical (unpaired) electrons. The van der Waals surface area contributed by atoms with E-state index in [1.165, 1.54) is 0 Å². The topological polar surface area (TPSA) is 68.5 Å². The number of nitrogens with zero attached hydrogens (tertiary/aromatic N) is 3. The van der Waals surface area contributed by atoms with Gasteiger partial charge >= 0.3 is 6.03 Å². The Balaban J connectivity index is 2.05. The van der Waals surface area contributed by atoms with Crippen LogP contribution in [0.25, 0.3) is 0 Å². The number of likely N-dealkylation sites (tertiary alicyclic amines) is 1. The van der Waals surface area contributed by atoms with Crippen LogP contribution in [0.2, 0.25) is 0 Å². The van der Waals surface area contributed by atoms with E-state index in [1.807, 2.05) is 18.0 Å². The first-order valence-corrected chi connectivity index (χ1v) is 5.79. The largest absolute Gasteiger partial charge is 0.363 e. The highest BCUT2D eigenvalue weighted by molar-refractivity contribution is 6.00. The monoisotopic (exact) mass is 242 g/mol. The molecule has 5 heteroatoms. The number of benzene rings is 1. The maximum Gasteiger partial charge on any atom is 0.347 e. The minimum atomic E-state index is -0.395. The Bertz CT molecular complexity index is 530. The Hall–Kier alpha value is -2.35. The smallest absolute Gasteiger partial charge is 0.347 e. The lowest BCUT2D eigenvalue weighted by Gasteiger charge is -2.10. The van der Waals surface area contributed by atoms with Crippen LogP contribution in [-0.4, -0.2) is 30.4 Å². The van der Waals surface area contributed by atoms with Gasteiger partial charge in [-0.1, -0.05) is 6.07 Å². The molecule has 0 spiro atoms. The molecule has 1 saturated heterocycles. The van der Waals surface area contributed by atoms with E-state index < -0.39 is 6.03 Å². The minimum Gasteiger partial charge on any atom is -0.363 e. The van der Waals surface area contributed by atoms with Crippen molar-refractivity contribution >= 4 is 17.6 Å². The summed E-state index contributed by atoms with van der Waals surface area (Å²) < 4.78 is 0. The Morgan fingerprint density at radius 3 is 3.06 bits per heavy atom. The van der Waals surface area contributed by atoms with Gasteiger partial charge in [-0.3, -0.25) is 0 Å². The zero-order chi connectivity index (χ0) is 13.0. The van der Waals surface area contributed by atoms with Gasteiger partial charge in [-0.25, -0.2) is 4.79 Å². The third kappa shape index (κ3) is 2.86. The fraction of sp³-hybridized carbons (Fsp3) is 0.308. The summed E-state index contributed by atoms with van der Waals surface area (Å²) in [5, 5.41) is 11.4. The highest BCUT2D eigenvalue weighted by Crippen LogP contribution is 2.12. The molecule has 1 fully saturated rings. The molecular formula is C13H14N4O. The van der Waals surface area contributed by atoms with Gasteiger partial charge in [-0.2, -0.15) is 10.3 Å². The van der Waals surface area contributed by atoms with Crippen molar-refractivity contribution in [3.05, 3.63) is 29.8 Å². The summed E-state index contributed by atoms with van der Waals surface area (Å²) in [6.45, 7) is 0.941.